The van der Waals surface area contributed by atoms with Crippen LogP contribution in [0.2, 0.25) is 0 Å². The molecule has 0 saturated carbocycles. The zero-order valence-corrected chi connectivity index (χ0v) is 12.6. The molecule has 1 N–H and O–H groups in total. The van der Waals surface area contributed by atoms with Crippen LogP contribution in [0.4, 0.5) is 5.69 Å². The van der Waals surface area contributed by atoms with Gasteiger partial charge in [0.25, 0.3) is 0 Å². The van der Waals surface area contributed by atoms with E-state index in [1.807, 2.05) is 19.1 Å². The molecule has 1 aliphatic carbocycles. The predicted molar refractivity (Wildman–Crippen MR) is 88.0 cm³/mol. The molecule has 0 fully saturated rings. The van der Waals surface area contributed by atoms with Crippen LogP contribution in [-0.4, -0.2) is 6.61 Å². The second-order valence-electron chi connectivity index (χ2n) is 5.60. The molecule has 0 heterocycles. The van der Waals surface area contributed by atoms with Gasteiger partial charge in [-0.25, -0.2) is 0 Å². The van der Waals surface area contributed by atoms with Crippen LogP contribution in [-0.2, 0) is 6.42 Å². The Balaban J connectivity index is 1.77. The lowest BCUT2D eigenvalue weighted by molar-refractivity contribution is 0.340. The minimum atomic E-state index is 0.418. The van der Waals surface area contributed by atoms with Gasteiger partial charge in [0.2, 0.25) is 0 Å². The molecule has 110 valence electrons. The molecular weight excluding hydrogens is 258 g/mol. The summed E-state index contributed by atoms with van der Waals surface area (Å²) < 4.78 is 5.50. The second-order valence-corrected chi connectivity index (χ2v) is 5.60. The summed E-state index contributed by atoms with van der Waals surface area (Å²) in [5, 5.41) is 3.69. The Kier molecular flexibility index (Phi) is 4.44. The fraction of sp³-hybridized carbons (Fsp3) is 0.368. The van der Waals surface area contributed by atoms with Crippen LogP contribution in [0, 0.1) is 0 Å². The Morgan fingerprint density at radius 3 is 2.67 bits per heavy atom. The predicted octanol–water partition coefficient (Wildman–Crippen LogP) is 4.96. The SMILES string of the molecule is CCOc1ccc(NC2CCCCc3ccccc32)cc1. The van der Waals surface area contributed by atoms with Gasteiger partial charge >= 0.3 is 0 Å². The maximum Gasteiger partial charge on any atom is 0.119 e. The Morgan fingerprint density at radius 2 is 1.86 bits per heavy atom. The molecule has 0 spiro atoms. The van der Waals surface area contributed by atoms with Crippen LogP contribution in [0.15, 0.2) is 48.5 Å². The van der Waals surface area contributed by atoms with E-state index in [1.54, 1.807) is 0 Å². The van der Waals surface area contributed by atoms with Gasteiger partial charge in [-0.05, 0) is 61.6 Å². The smallest absolute Gasteiger partial charge is 0.119 e. The first-order valence-electron chi connectivity index (χ1n) is 7.94. The van der Waals surface area contributed by atoms with Crippen LogP contribution in [0.1, 0.15) is 43.4 Å². The van der Waals surface area contributed by atoms with E-state index < -0.39 is 0 Å². The van der Waals surface area contributed by atoms with Crippen molar-refractivity contribution in [3.05, 3.63) is 59.7 Å². The topological polar surface area (TPSA) is 21.3 Å². The van der Waals surface area contributed by atoms with Gasteiger partial charge in [-0.2, -0.15) is 0 Å². The second kappa shape index (κ2) is 6.66. The van der Waals surface area contributed by atoms with Gasteiger partial charge in [0, 0.05) is 5.69 Å². The molecule has 2 aromatic rings. The van der Waals surface area contributed by atoms with Crippen LogP contribution in [0.25, 0.3) is 0 Å². The van der Waals surface area contributed by atoms with Crippen molar-refractivity contribution in [3.8, 4) is 5.75 Å². The van der Waals surface area contributed by atoms with E-state index in [9.17, 15) is 0 Å². The van der Waals surface area contributed by atoms with Crippen LogP contribution in [0.3, 0.4) is 0 Å². The third kappa shape index (κ3) is 3.38. The molecule has 2 aromatic carbocycles. The molecule has 0 aromatic heterocycles. The third-order valence-electron chi connectivity index (χ3n) is 4.13. The number of hydrogen-bond acceptors (Lipinski definition) is 2. The maximum atomic E-state index is 5.50. The first-order valence-corrected chi connectivity index (χ1v) is 7.94. The van der Waals surface area contributed by atoms with E-state index in [2.05, 4.69) is 41.7 Å². The maximum absolute atomic E-state index is 5.50. The van der Waals surface area contributed by atoms with Crippen molar-refractivity contribution < 1.29 is 4.74 Å². The fourth-order valence-corrected chi connectivity index (χ4v) is 3.09. The summed E-state index contributed by atoms with van der Waals surface area (Å²) in [6, 6.07) is 17.6. The summed E-state index contributed by atoms with van der Waals surface area (Å²) in [4.78, 5) is 0. The number of aryl methyl sites for hydroxylation is 1. The van der Waals surface area contributed by atoms with Crippen molar-refractivity contribution >= 4 is 5.69 Å². The van der Waals surface area contributed by atoms with Crippen molar-refractivity contribution in [3.63, 3.8) is 0 Å². The number of fused-ring (bicyclic) bond motifs is 1. The van der Waals surface area contributed by atoms with Crippen LogP contribution < -0.4 is 10.1 Å². The number of benzene rings is 2. The number of hydrogen-bond donors (Lipinski definition) is 1. The Bertz CT molecular complexity index is 576. The van der Waals surface area contributed by atoms with Crippen LogP contribution >= 0.6 is 0 Å². The van der Waals surface area contributed by atoms with Crippen LogP contribution in [0.5, 0.6) is 5.75 Å². The normalized spacial score (nSPS) is 17.7. The molecule has 0 bridgehead atoms. The van der Waals surface area contributed by atoms with Gasteiger partial charge in [0.15, 0.2) is 0 Å². The molecule has 2 nitrogen and oxygen atoms in total. The van der Waals surface area contributed by atoms with Gasteiger partial charge in [-0.15, -0.1) is 0 Å². The minimum Gasteiger partial charge on any atom is -0.494 e. The molecule has 0 saturated heterocycles. The summed E-state index contributed by atoms with van der Waals surface area (Å²) in [6.45, 7) is 2.72. The van der Waals surface area contributed by atoms with E-state index in [4.69, 9.17) is 4.74 Å². The van der Waals surface area contributed by atoms with Gasteiger partial charge in [-0.3, -0.25) is 0 Å². The number of nitrogens with one attached hydrogen (secondary N) is 1. The lowest BCUT2D eigenvalue weighted by Gasteiger charge is -2.20. The summed E-state index contributed by atoms with van der Waals surface area (Å²) >= 11 is 0. The molecule has 1 aliphatic rings. The first-order chi connectivity index (χ1) is 10.4. The van der Waals surface area contributed by atoms with E-state index in [1.165, 1.54) is 42.5 Å². The lowest BCUT2D eigenvalue weighted by atomic mass is 9.99. The summed E-state index contributed by atoms with van der Waals surface area (Å²) in [5.41, 5.74) is 4.13. The van der Waals surface area contributed by atoms with Crippen molar-refractivity contribution in [2.24, 2.45) is 0 Å². The molecular formula is C19H23NO. The molecule has 3 rings (SSSR count). The average Bonchev–Trinajstić information content (AvgIpc) is 2.72. The third-order valence-corrected chi connectivity index (χ3v) is 4.13. The van der Waals surface area contributed by atoms with E-state index >= 15 is 0 Å². The van der Waals surface area contributed by atoms with E-state index in [0.717, 1.165) is 5.75 Å². The van der Waals surface area contributed by atoms with Gasteiger partial charge in [-0.1, -0.05) is 30.7 Å². The number of ether oxygens (including phenoxy) is 1. The zero-order valence-electron chi connectivity index (χ0n) is 12.6. The zero-order chi connectivity index (χ0) is 14.5. The van der Waals surface area contributed by atoms with Gasteiger partial charge in [0.05, 0.1) is 12.6 Å². The quantitative estimate of drug-likeness (QED) is 0.799. The highest BCUT2D eigenvalue weighted by Crippen LogP contribution is 2.31. The lowest BCUT2D eigenvalue weighted by Crippen LogP contribution is -2.11. The van der Waals surface area contributed by atoms with Crippen molar-refractivity contribution in [2.45, 2.75) is 38.6 Å². The molecule has 2 heteroatoms. The standard InChI is InChI=1S/C19H23NO/c1-2-21-17-13-11-16(12-14-17)20-19-10-6-4-8-15-7-3-5-9-18(15)19/h3,5,7,9,11-14,19-20H,2,4,6,8,10H2,1H3. The molecule has 21 heavy (non-hydrogen) atoms. The highest BCUT2D eigenvalue weighted by molar-refractivity contribution is 5.49. The number of anilines is 1. The first kappa shape index (κ1) is 14.0. The molecule has 0 aliphatic heterocycles. The Hall–Kier alpha value is -1.96. The number of rotatable bonds is 4. The van der Waals surface area contributed by atoms with E-state index in [-0.39, 0.29) is 0 Å². The van der Waals surface area contributed by atoms with Crippen molar-refractivity contribution in [2.75, 3.05) is 11.9 Å². The molecule has 1 unspecified atom stereocenters. The highest BCUT2D eigenvalue weighted by atomic mass is 16.5. The summed E-state index contributed by atoms with van der Waals surface area (Å²) in [5.74, 6) is 0.935. The summed E-state index contributed by atoms with van der Waals surface area (Å²) in [7, 11) is 0. The largest absolute Gasteiger partial charge is 0.494 e. The average molecular weight is 281 g/mol. The van der Waals surface area contributed by atoms with Crippen molar-refractivity contribution in [1.29, 1.82) is 0 Å². The molecule has 0 amide bonds. The fourth-order valence-electron chi connectivity index (χ4n) is 3.09. The monoisotopic (exact) mass is 281 g/mol. The Labute approximate surface area is 127 Å². The van der Waals surface area contributed by atoms with Crippen molar-refractivity contribution in [1.82, 2.24) is 0 Å². The van der Waals surface area contributed by atoms with Gasteiger partial charge < -0.3 is 10.1 Å². The summed E-state index contributed by atoms with van der Waals surface area (Å²) in [6.07, 6.45) is 4.98. The van der Waals surface area contributed by atoms with Gasteiger partial charge in [0.1, 0.15) is 5.75 Å². The molecule has 1 atom stereocenters. The minimum absolute atomic E-state index is 0.418. The Morgan fingerprint density at radius 1 is 1.05 bits per heavy atom. The molecule has 0 radical (unpaired) electrons. The van der Waals surface area contributed by atoms with E-state index in [0.29, 0.717) is 12.6 Å². The highest BCUT2D eigenvalue weighted by Gasteiger charge is 2.17.